The summed E-state index contributed by atoms with van der Waals surface area (Å²) in [5.41, 5.74) is 3.04. The molecule has 1 aromatic heterocycles. The lowest BCUT2D eigenvalue weighted by Gasteiger charge is -2.35. The Kier molecular flexibility index (Phi) is 7.94. The molecule has 1 N–H and O–H groups in total. The topological polar surface area (TPSA) is 70.2 Å². The van der Waals surface area contributed by atoms with Gasteiger partial charge in [0.1, 0.15) is 23.4 Å². The minimum atomic E-state index is -0.497. The second-order valence-electron chi connectivity index (χ2n) is 10.1. The Balaban J connectivity index is 1.22. The summed E-state index contributed by atoms with van der Waals surface area (Å²) in [5, 5.41) is 8.18. The van der Waals surface area contributed by atoms with Crippen molar-refractivity contribution in [2.45, 2.75) is 37.1 Å². The van der Waals surface area contributed by atoms with E-state index in [1.165, 1.54) is 24.3 Å². The van der Waals surface area contributed by atoms with Gasteiger partial charge in [-0.1, -0.05) is 30.4 Å². The van der Waals surface area contributed by atoms with Gasteiger partial charge in [0, 0.05) is 47.8 Å². The number of ether oxygens (including phenoxy) is 2. The van der Waals surface area contributed by atoms with E-state index in [4.69, 9.17) is 21.1 Å². The van der Waals surface area contributed by atoms with Crippen molar-refractivity contribution in [2.24, 2.45) is 5.10 Å². The number of aromatic nitrogens is 1. The lowest BCUT2D eigenvalue weighted by Crippen LogP contribution is -2.43. The summed E-state index contributed by atoms with van der Waals surface area (Å²) in [4.78, 5) is 18.7. The molecule has 0 fully saturated rings. The van der Waals surface area contributed by atoms with Crippen molar-refractivity contribution in [2.75, 3.05) is 19.7 Å². The maximum Gasteiger partial charge on any atom is 0.416 e. The van der Waals surface area contributed by atoms with Gasteiger partial charge in [0.15, 0.2) is 0 Å². The van der Waals surface area contributed by atoms with E-state index in [2.05, 4.69) is 28.1 Å². The van der Waals surface area contributed by atoms with Crippen molar-refractivity contribution in [1.82, 2.24) is 14.9 Å². The number of hydrogen-bond acceptors (Lipinski definition) is 5. The number of benzene rings is 2. The van der Waals surface area contributed by atoms with Crippen molar-refractivity contribution in [3.63, 3.8) is 0 Å². The van der Waals surface area contributed by atoms with Gasteiger partial charge >= 0.3 is 6.09 Å². The normalized spacial score (nSPS) is 19.1. The first kappa shape index (κ1) is 26.9. The van der Waals surface area contributed by atoms with Gasteiger partial charge in [0.25, 0.3) is 0 Å². The van der Waals surface area contributed by atoms with Crippen LogP contribution < -0.4 is 20.0 Å². The van der Waals surface area contributed by atoms with E-state index in [-0.39, 0.29) is 11.2 Å². The van der Waals surface area contributed by atoms with Crippen LogP contribution in [0.2, 0.25) is 0 Å². The number of carbonyl (C=O) groups is 1. The molecule has 0 radical (unpaired) electrons. The summed E-state index contributed by atoms with van der Waals surface area (Å²) >= 11 is 6.46. The smallest absolute Gasteiger partial charge is 0.416 e. The summed E-state index contributed by atoms with van der Waals surface area (Å²) in [7, 11) is 0. The van der Waals surface area contributed by atoms with E-state index < -0.39 is 12.1 Å². The number of hydrazone groups is 1. The van der Waals surface area contributed by atoms with Crippen molar-refractivity contribution in [1.29, 1.82) is 0 Å². The Bertz CT molecular complexity index is 1620. The zero-order valence-electron chi connectivity index (χ0n) is 22.4. The fraction of sp³-hybridized carbons (Fsp3) is 0.281. The maximum absolute atomic E-state index is 13.4. The SMILES string of the molecule is O=C(Oc1ccc(F)cc1)N1CCc2c([nH]c3c2=CC(Cl)CC=3)C1c1ccc(OCCCN2C=CCC=C=N2)cc1. The maximum atomic E-state index is 13.4. The molecule has 2 unspecified atom stereocenters. The van der Waals surface area contributed by atoms with Gasteiger partial charge in [0.05, 0.1) is 12.0 Å². The van der Waals surface area contributed by atoms with E-state index in [9.17, 15) is 9.18 Å². The molecule has 3 aromatic rings. The Morgan fingerprint density at radius 2 is 1.95 bits per heavy atom. The van der Waals surface area contributed by atoms with Crippen molar-refractivity contribution in [3.8, 4) is 11.5 Å². The number of aromatic amines is 1. The molecular formula is C32H30ClFN4O3. The highest BCUT2D eigenvalue weighted by molar-refractivity contribution is 6.24. The Morgan fingerprint density at radius 3 is 2.78 bits per heavy atom. The highest BCUT2D eigenvalue weighted by atomic mass is 35.5. The predicted octanol–water partition coefficient (Wildman–Crippen LogP) is 5.00. The van der Waals surface area contributed by atoms with Gasteiger partial charge in [-0.3, -0.25) is 9.91 Å². The first-order chi connectivity index (χ1) is 20.0. The molecule has 1 amide bonds. The largest absolute Gasteiger partial charge is 0.494 e. The van der Waals surface area contributed by atoms with Crippen LogP contribution in [0.5, 0.6) is 11.5 Å². The number of fused-ring (bicyclic) bond motifs is 3. The van der Waals surface area contributed by atoms with Crippen LogP contribution in [0.4, 0.5) is 9.18 Å². The molecule has 6 rings (SSSR count). The number of allylic oxidation sites excluding steroid dienone is 2. The van der Waals surface area contributed by atoms with Gasteiger partial charge in [-0.25, -0.2) is 9.18 Å². The van der Waals surface area contributed by atoms with Crippen molar-refractivity contribution < 1.29 is 18.7 Å². The van der Waals surface area contributed by atoms with Crippen molar-refractivity contribution >= 4 is 35.7 Å². The highest BCUT2D eigenvalue weighted by Crippen LogP contribution is 2.34. The number of hydrogen-bond donors (Lipinski definition) is 1. The van der Waals surface area contributed by atoms with E-state index in [0.29, 0.717) is 25.3 Å². The lowest BCUT2D eigenvalue weighted by atomic mass is 9.92. The molecule has 2 aromatic carbocycles. The monoisotopic (exact) mass is 572 g/mol. The number of nitrogens with zero attached hydrogens (tertiary/aromatic N) is 3. The van der Waals surface area contributed by atoms with Gasteiger partial charge < -0.3 is 14.5 Å². The molecule has 0 saturated carbocycles. The number of H-pyrrole nitrogens is 1. The Labute approximate surface area is 242 Å². The van der Waals surface area contributed by atoms with Crippen molar-refractivity contribution in [3.05, 3.63) is 100 Å². The molecule has 7 nitrogen and oxygen atoms in total. The van der Waals surface area contributed by atoms with Crippen LogP contribution in [0, 0.1) is 5.82 Å². The lowest BCUT2D eigenvalue weighted by molar-refractivity contribution is 0.135. The third kappa shape index (κ3) is 6.09. The van der Waals surface area contributed by atoms with Crippen LogP contribution >= 0.6 is 11.6 Å². The van der Waals surface area contributed by atoms with Gasteiger partial charge in [0.2, 0.25) is 0 Å². The molecule has 3 aliphatic rings. The molecule has 0 spiro atoms. The standard InChI is InChI=1S/C32H30ClFN4O3/c33-23-7-14-29-28(21-23)27-15-19-38(32(39)41-26-12-8-24(34)9-13-26)31(30(27)36-29)22-5-10-25(11-6-22)40-20-4-18-37-17-3-1-2-16-35-37/h2-3,5-6,8-14,17,21,23,31,36H,1,4,7,15,18-20H2. The van der Waals surface area contributed by atoms with Gasteiger partial charge in [-0.15, -0.1) is 16.7 Å². The summed E-state index contributed by atoms with van der Waals surface area (Å²) < 4.78 is 25.1. The third-order valence-electron chi connectivity index (χ3n) is 7.35. The third-order valence-corrected chi connectivity index (χ3v) is 7.65. The molecule has 3 heterocycles. The summed E-state index contributed by atoms with van der Waals surface area (Å²) in [6, 6.07) is 12.9. The molecule has 210 valence electrons. The summed E-state index contributed by atoms with van der Waals surface area (Å²) in [6.07, 6.45) is 12.6. The predicted molar refractivity (Wildman–Crippen MR) is 157 cm³/mol. The first-order valence-electron chi connectivity index (χ1n) is 13.8. The molecule has 0 bridgehead atoms. The van der Waals surface area contributed by atoms with Gasteiger partial charge in [-0.05, 0) is 72.9 Å². The fourth-order valence-corrected chi connectivity index (χ4v) is 5.61. The van der Waals surface area contributed by atoms with E-state index in [0.717, 1.165) is 58.9 Å². The van der Waals surface area contributed by atoms with E-state index >= 15 is 0 Å². The van der Waals surface area contributed by atoms with Crippen LogP contribution in [0.25, 0.3) is 12.2 Å². The molecule has 1 aliphatic carbocycles. The molecule has 9 heteroatoms. The van der Waals surface area contributed by atoms with E-state index in [1.54, 1.807) is 4.90 Å². The highest BCUT2D eigenvalue weighted by Gasteiger charge is 2.35. The van der Waals surface area contributed by atoms with E-state index in [1.807, 2.05) is 47.6 Å². The van der Waals surface area contributed by atoms with Crippen LogP contribution in [0.1, 0.15) is 42.1 Å². The number of nitrogens with one attached hydrogen (secondary N) is 1. The summed E-state index contributed by atoms with van der Waals surface area (Å²) in [6.45, 7) is 1.74. The molecular weight excluding hydrogens is 543 g/mol. The number of amides is 1. The minimum absolute atomic E-state index is 0.0580. The van der Waals surface area contributed by atoms with Crippen LogP contribution in [-0.4, -0.2) is 51.9 Å². The fourth-order valence-electron chi connectivity index (χ4n) is 5.39. The quantitative estimate of drug-likeness (QED) is 0.319. The van der Waals surface area contributed by atoms with Crippen LogP contribution in [-0.2, 0) is 6.42 Å². The minimum Gasteiger partial charge on any atom is -0.494 e. The van der Waals surface area contributed by atoms with Crippen LogP contribution in [0.15, 0.2) is 72.0 Å². The number of carbonyl (C=O) groups excluding carboxylic acids is 1. The number of halogens is 2. The Hall–Kier alpha value is -4.26. The molecule has 0 saturated heterocycles. The average molecular weight is 573 g/mol. The second kappa shape index (κ2) is 12.1. The number of rotatable bonds is 7. The number of alkyl halides is 1. The van der Waals surface area contributed by atoms with Crippen LogP contribution in [0.3, 0.4) is 0 Å². The molecule has 41 heavy (non-hydrogen) atoms. The Morgan fingerprint density at radius 1 is 1.15 bits per heavy atom. The molecule has 2 aliphatic heterocycles. The second-order valence-corrected chi connectivity index (χ2v) is 10.7. The zero-order chi connectivity index (χ0) is 28.2. The zero-order valence-corrected chi connectivity index (χ0v) is 23.2. The van der Waals surface area contributed by atoms with Gasteiger partial charge in [-0.2, -0.15) is 0 Å². The molecule has 2 atom stereocenters. The summed E-state index contributed by atoms with van der Waals surface area (Å²) in [5.74, 6) is 3.55. The first-order valence-corrected chi connectivity index (χ1v) is 14.2. The average Bonchev–Trinajstić information content (AvgIpc) is 3.15.